The Labute approximate surface area is 191 Å². The van der Waals surface area contributed by atoms with Gasteiger partial charge in [-0.05, 0) is 41.0 Å². The number of ether oxygens (including phenoxy) is 1. The highest BCUT2D eigenvalue weighted by molar-refractivity contribution is 6.33. The SMILES string of the molecule is COc1cccc(Cc2nc(Cc3cccc(CO)c3)nc(Nc3ccccc3Cl)n2)c1. The molecule has 0 unspecified atom stereocenters. The van der Waals surface area contributed by atoms with Gasteiger partial charge in [-0.25, -0.2) is 4.98 Å². The summed E-state index contributed by atoms with van der Waals surface area (Å²) in [7, 11) is 1.65. The standard InChI is InChI=1S/C25H23ClN4O2/c1-32-20-9-5-7-18(13-20)15-24-28-23(14-17-6-4-8-19(12-17)16-31)29-25(30-24)27-22-11-3-2-10-21(22)26/h2-13,31H,14-16H2,1H3,(H,27,28,29,30). The minimum Gasteiger partial charge on any atom is -0.497 e. The van der Waals surface area contributed by atoms with Gasteiger partial charge in [-0.1, -0.05) is 60.1 Å². The first kappa shape index (κ1) is 21.7. The predicted molar refractivity (Wildman–Crippen MR) is 126 cm³/mol. The van der Waals surface area contributed by atoms with Gasteiger partial charge in [-0.3, -0.25) is 0 Å². The molecule has 0 fully saturated rings. The topological polar surface area (TPSA) is 80.2 Å². The van der Waals surface area contributed by atoms with Crippen LogP contribution in [0.3, 0.4) is 0 Å². The Balaban J connectivity index is 1.67. The first-order valence-electron chi connectivity index (χ1n) is 10.2. The second-order valence-electron chi connectivity index (χ2n) is 7.28. The minimum absolute atomic E-state index is 0.00849. The van der Waals surface area contributed by atoms with Gasteiger partial charge < -0.3 is 15.2 Å². The molecule has 6 nitrogen and oxygen atoms in total. The molecule has 4 aromatic rings. The Bertz CT molecular complexity index is 1150. The van der Waals surface area contributed by atoms with E-state index in [0.29, 0.717) is 35.5 Å². The van der Waals surface area contributed by atoms with Crippen LogP contribution in [0.5, 0.6) is 5.75 Å². The molecule has 0 bridgehead atoms. The maximum Gasteiger partial charge on any atom is 0.230 e. The van der Waals surface area contributed by atoms with Crippen molar-refractivity contribution >= 4 is 23.2 Å². The Kier molecular flexibility index (Phi) is 6.94. The third-order valence-electron chi connectivity index (χ3n) is 4.88. The first-order chi connectivity index (χ1) is 15.6. The Hall–Kier alpha value is -3.48. The van der Waals surface area contributed by atoms with E-state index in [1.165, 1.54) is 0 Å². The molecule has 0 amide bonds. The van der Waals surface area contributed by atoms with E-state index in [-0.39, 0.29) is 6.61 Å². The fourth-order valence-electron chi connectivity index (χ4n) is 3.35. The van der Waals surface area contributed by atoms with Gasteiger partial charge >= 0.3 is 0 Å². The maximum atomic E-state index is 9.44. The van der Waals surface area contributed by atoms with Crippen LogP contribution in [0, 0.1) is 0 Å². The summed E-state index contributed by atoms with van der Waals surface area (Å²) in [4.78, 5) is 13.9. The lowest BCUT2D eigenvalue weighted by Gasteiger charge is -2.11. The van der Waals surface area contributed by atoms with Crippen LogP contribution in [0.4, 0.5) is 11.6 Å². The summed E-state index contributed by atoms with van der Waals surface area (Å²) in [5.41, 5.74) is 3.62. The van der Waals surface area contributed by atoms with Crippen molar-refractivity contribution in [2.45, 2.75) is 19.4 Å². The number of rotatable bonds is 8. The lowest BCUT2D eigenvalue weighted by molar-refractivity contribution is 0.281. The first-order valence-corrected chi connectivity index (χ1v) is 10.6. The average molecular weight is 447 g/mol. The lowest BCUT2D eigenvalue weighted by atomic mass is 10.1. The fourth-order valence-corrected chi connectivity index (χ4v) is 3.53. The zero-order chi connectivity index (χ0) is 22.3. The second kappa shape index (κ2) is 10.2. The van der Waals surface area contributed by atoms with Crippen LogP contribution in [0.25, 0.3) is 0 Å². The van der Waals surface area contributed by atoms with E-state index in [2.05, 4.69) is 15.3 Å². The molecular formula is C25H23ClN4O2. The van der Waals surface area contributed by atoms with Crippen LogP contribution in [-0.2, 0) is 19.4 Å². The number of nitrogens with one attached hydrogen (secondary N) is 1. The number of hydrogen-bond donors (Lipinski definition) is 2. The van der Waals surface area contributed by atoms with Crippen molar-refractivity contribution < 1.29 is 9.84 Å². The van der Waals surface area contributed by atoms with E-state index in [9.17, 15) is 5.11 Å². The number of aliphatic hydroxyl groups excluding tert-OH is 1. The smallest absolute Gasteiger partial charge is 0.230 e. The number of nitrogens with zero attached hydrogens (tertiary/aromatic N) is 3. The van der Waals surface area contributed by atoms with Crippen molar-refractivity contribution in [3.63, 3.8) is 0 Å². The number of halogens is 1. The summed E-state index contributed by atoms with van der Waals surface area (Å²) in [6.07, 6.45) is 1.04. The van der Waals surface area contributed by atoms with Crippen LogP contribution in [0.1, 0.15) is 28.3 Å². The quantitative estimate of drug-likeness (QED) is 0.398. The van der Waals surface area contributed by atoms with E-state index in [0.717, 1.165) is 28.1 Å². The molecule has 0 saturated carbocycles. The molecule has 162 valence electrons. The zero-order valence-electron chi connectivity index (χ0n) is 17.6. The molecule has 0 aliphatic carbocycles. The molecule has 7 heteroatoms. The molecule has 1 aromatic heterocycles. The van der Waals surface area contributed by atoms with Crippen LogP contribution in [0.2, 0.25) is 5.02 Å². The number of hydrogen-bond acceptors (Lipinski definition) is 6. The van der Waals surface area contributed by atoms with Gasteiger partial charge in [0.1, 0.15) is 17.4 Å². The molecule has 1 heterocycles. The van der Waals surface area contributed by atoms with Crippen molar-refractivity contribution in [3.05, 3.63) is 106 Å². The molecule has 0 aliphatic rings. The van der Waals surface area contributed by atoms with Crippen molar-refractivity contribution in [3.8, 4) is 5.75 Å². The van der Waals surface area contributed by atoms with Gasteiger partial charge in [-0.15, -0.1) is 0 Å². The Morgan fingerprint density at radius 2 is 1.47 bits per heavy atom. The molecule has 0 spiro atoms. The molecule has 0 radical (unpaired) electrons. The van der Waals surface area contributed by atoms with Crippen LogP contribution in [-0.4, -0.2) is 27.2 Å². The van der Waals surface area contributed by atoms with Gasteiger partial charge in [0.2, 0.25) is 5.95 Å². The summed E-state index contributed by atoms with van der Waals surface area (Å²) >= 11 is 6.31. The highest BCUT2D eigenvalue weighted by atomic mass is 35.5. The van der Waals surface area contributed by atoms with E-state index >= 15 is 0 Å². The van der Waals surface area contributed by atoms with Crippen LogP contribution >= 0.6 is 11.6 Å². The fraction of sp³-hybridized carbons (Fsp3) is 0.160. The van der Waals surface area contributed by atoms with E-state index in [1.54, 1.807) is 7.11 Å². The maximum absolute atomic E-state index is 9.44. The third kappa shape index (κ3) is 5.60. The number of aliphatic hydroxyl groups is 1. The minimum atomic E-state index is -0.00849. The molecule has 0 atom stereocenters. The molecule has 3 aromatic carbocycles. The molecular weight excluding hydrogens is 424 g/mol. The second-order valence-corrected chi connectivity index (χ2v) is 7.69. The highest BCUT2D eigenvalue weighted by Gasteiger charge is 2.11. The normalized spacial score (nSPS) is 10.7. The molecule has 0 aliphatic heterocycles. The van der Waals surface area contributed by atoms with Gasteiger partial charge in [0, 0.05) is 12.8 Å². The number of methoxy groups -OCH3 is 1. The summed E-state index contributed by atoms with van der Waals surface area (Å²) in [6, 6.07) is 23.0. The largest absolute Gasteiger partial charge is 0.497 e. The zero-order valence-corrected chi connectivity index (χ0v) is 18.4. The molecule has 0 saturated heterocycles. The molecule has 2 N–H and O–H groups in total. The number of benzene rings is 3. The van der Waals surface area contributed by atoms with E-state index in [1.807, 2.05) is 72.8 Å². The van der Waals surface area contributed by atoms with Crippen LogP contribution in [0.15, 0.2) is 72.8 Å². The van der Waals surface area contributed by atoms with Gasteiger partial charge in [0.25, 0.3) is 0 Å². The van der Waals surface area contributed by atoms with Gasteiger partial charge in [0.05, 0.1) is 24.4 Å². The predicted octanol–water partition coefficient (Wildman–Crippen LogP) is 4.95. The summed E-state index contributed by atoms with van der Waals surface area (Å²) in [5, 5.41) is 13.2. The summed E-state index contributed by atoms with van der Waals surface area (Å²) < 4.78 is 5.33. The molecule has 32 heavy (non-hydrogen) atoms. The third-order valence-corrected chi connectivity index (χ3v) is 5.21. The lowest BCUT2D eigenvalue weighted by Crippen LogP contribution is -2.09. The van der Waals surface area contributed by atoms with Crippen LogP contribution < -0.4 is 10.1 Å². The Morgan fingerprint density at radius 1 is 0.812 bits per heavy atom. The van der Waals surface area contributed by atoms with Crippen molar-refractivity contribution in [2.24, 2.45) is 0 Å². The average Bonchev–Trinajstić information content (AvgIpc) is 2.81. The number of para-hydroxylation sites is 1. The van der Waals surface area contributed by atoms with Crippen molar-refractivity contribution in [1.29, 1.82) is 0 Å². The highest BCUT2D eigenvalue weighted by Crippen LogP contribution is 2.24. The molecule has 4 rings (SSSR count). The van der Waals surface area contributed by atoms with Crippen molar-refractivity contribution in [2.75, 3.05) is 12.4 Å². The van der Waals surface area contributed by atoms with Gasteiger partial charge in [0.15, 0.2) is 0 Å². The Morgan fingerprint density at radius 3 is 2.16 bits per heavy atom. The van der Waals surface area contributed by atoms with Gasteiger partial charge in [-0.2, -0.15) is 9.97 Å². The van der Waals surface area contributed by atoms with E-state index < -0.39 is 0 Å². The summed E-state index contributed by atoms with van der Waals surface area (Å²) in [6.45, 7) is -0.00849. The monoisotopic (exact) mass is 446 g/mol. The van der Waals surface area contributed by atoms with E-state index in [4.69, 9.17) is 21.3 Å². The van der Waals surface area contributed by atoms with Crippen molar-refractivity contribution in [1.82, 2.24) is 15.0 Å². The number of aromatic nitrogens is 3. The summed E-state index contributed by atoms with van der Waals surface area (Å²) in [5.74, 6) is 2.48. The number of anilines is 2.